The molecule has 281 valence electrons. The van der Waals surface area contributed by atoms with Crippen molar-refractivity contribution >= 4 is 46.4 Å². The minimum atomic E-state index is 0. The summed E-state index contributed by atoms with van der Waals surface area (Å²) in [7, 11) is 1.00. The normalized spacial score (nSPS) is 11.2. The van der Waals surface area contributed by atoms with Crippen molar-refractivity contribution in [1.29, 1.82) is 0 Å². The van der Waals surface area contributed by atoms with Gasteiger partial charge in [0.25, 0.3) is 0 Å². The van der Waals surface area contributed by atoms with E-state index in [-0.39, 0.29) is 19.5 Å². The second-order valence-electron chi connectivity index (χ2n) is 13.8. The Bertz CT molecular complexity index is 2390. The fraction of sp³-hybridized carbons (Fsp3) is 0.102. The predicted molar refractivity (Wildman–Crippen MR) is 232 cm³/mol. The van der Waals surface area contributed by atoms with Crippen LogP contribution in [0.2, 0.25) is 0 Å². The number of aliphatic hydroxyl groups is 1. The van der Waals surface area contributed by atoms with Gasteiger partial charge in [0, 0.05) is 7.11 Å². The molecule has 8 heteroatoms. The molecule has 7 aromatic rings. The fourth-order valence-electron chi connectivity index (χ4n) is 7.15. The first-order valence-electron chi connectivity index (χ1n) is 18.3. The van der Waals surface area contributed by atoms with Crippen LogP contribution in [-0.2, 0) is 19.5 Å². The summed E-state index contributed by atoms with van der Waals surface area (Å²) in [5.41, 5.74) is 25.7. The van der Waals surface area contributed by atoms with Gasteiger partial charge in [-0.3, -0.25) is 0 Å². The quantitative estimate of drug-likeness (QED) is 0.177. The minimum absolute atomic E-state index is 0. The van der Waals surface area contributed by atoms with Crippen LogP contribution in [0.1, 0.15) is 45.0 Å². The van der Waals surface area contributed by atoms with Gasteiger partial charge in [0.15, 0.2) is 0 Å². The zero-order valence-electron chi connectivity index (χ0n) is 32.3. The molecule has 0 saturated carbocycles. The van der Waals surface area contributed by atoms with Gasteiger partial charge in [0.1, 0.15) is 0 Å². The van der Waals surface area contributed by atoms with Crippen molar-refractivity contribution in [2.75, 3.05) is 7.11 Å². The molecule has 1 N–H and O–H groups in total. The summed E-state index contributed by atoms with van der Waals surface area (Å²) in [6, 6.07) is 43.0. The maximum absolute atomic E-state index is 7.25. The van der Waals surface area contributed by atoms with E-state index in [0.717, 1.165) is 96.5 Å². The molecule has 3 aromatic heterocycles. The summed E-state index contributed by atoms with van der Waals surface area (Å²) in [6.07, 6.45) is 8.48. The Labute approximate surface area is 345 Å². The van der Waals surface area contributed by atoms with Crippen LogP contribution in [0, 0.1) is 32.6 Å². The first-order chi connectivity index (χ1) is 27.4. The van der Waals surface area contributed by atoms with Gasteiger partial charge in [-0.2, -0.15) is 0 Å². The maximum Gasteiger partial charge on any atom is 3.00 e. The van der Waals surface area contributed by atoms with Gasteiger partial charge in [-0.1, -0.05) is 144 Å². The number of nitroso groups, excluding NO2 is 1. The summed E-state index contributed by atoms with van der Waals surface area (Å²) in [5, 5.41) is 7.00. The first-order valence-corrected chi connectivity index (χ1v) is 18.3. The van der Waals surface area contributed by atoms with E-state index in [0.29, 0.717) is 0 Å². The summed E-state index contributed by atoms with van der Waals surface area (Å²) >= 11 is 0. The van der Waals surface area contributed by atoms with Gasteiger partial charge < -0.3 is 25.6 Å². The molecule has 0 spiro atoms. The standard InChI is InChI=1S/C48H36N4.CH4O.NO.Ru/c1-29-5-13-33(14-6-29)45-37-21-23-39(49-37)46(34-15-7-30(2)8-16-34)41-25-27-43(51-41)48(36-19-11-32(4)12-20-36)44-28-26-42(52-44)47(40-24-22-38(45)50-40)35-17-9-31(3)10-18-35;2*1-2;/h5-28H,1-4H3;2H,1H3;;/q-2;;-1;+3. The molecular formula is C49H40N5O2Ru. The Hall–Kier alpha value is -6.34. The molecule has 5 heterocycles. The first kappa shape index (κ1) is 40.3. The molecule has 1 radical (unpaired) electrons. The third kappa shape index (κ3) is 8.15. The van der Waals surface area contributed by atoms with Crippen LogP contribution in [0.4, 0.5) is 0 Å². The van der Waals surface area contributed by atoms with Gasteiger partial charge in [-0.05, 0) is 96.5 Å². The monoisotopic (exact) mass is 832 g/mol. The van der Waals surface area contributed by atoms with Crippen LogP contribution >= 0.6 is 0 Å². The number of aromatic nitrogens is 4. The zero-order valence-corrected chi connectivity index (χ0v) is 34.0. The Morgan fingerprint density at radius 2 is 0.561 bits per heavy atom. The number of benzene rings is 4. The van der Waals surface area contributed by atoms with Crippen molar-refractivity contribution < 1.29 is 24.6 Å². The van der Waals surface area contributed by atoms with Crippen molar-refractivity contribution in [3.05, 3.63) is 177 Å². The average Bonchev–Trinajstić information content (AvgIpc) is 4.07. The number of hydrogen-bond donors (Lipinski definition) is 1. The molecule has 7 nitrogen and oxygen atoms in total. The Morgan fingerprint density at radius 1 is 0.368 bits per heavy atom. The van der Waals surface area contributed by atoms with Crippen LogP contribution in [-0.4, -0.2) is 22.2 Å². The van der Waals surface area contributed by atoms with E-state index in [4.69, 9.17) is 35.5 Å². The van der Waals surface area contributed by atoms with E-state index in [1.165, 1.54) is 22.3 Å². The molecule has 9 rings (SSSR count). The molecule has 0 fully saturated rings. The van der Waals surface area contributed by atoms with Crippen LogP contribution in [0.5, 0.6) is 0 Å². The molecule has 2 aliphatic rings. The van der Waals surface area contributed by atoms with Gasteiger partial charge in [0.05, 0.1) is 22.8 Å². The summed E-state index contributed by atoms with van der Waals surface area (Å²) in [5.74, 6) is 0. The molecule has 8 bridgehead atoms. The number of rotatable bonds is 4. The van der Waals surface area contributed by atoms with Gasteiger partial charge in [-0.15, -0.1) is 22.1 Å². The van der Waals surface area contributed by atoms with E-state index < -0.39 is 0 Å². The zero-order chi connectivity index (χ0) is 39.3. The van der Waals surface area contributed by atoms with Crippen LogP contribution in [0.3, 0.4) is 0 Å². The van der Waals surface area contributed by atoms with Gasteiger partial charge >= 0.3 is 19.5 Å². The Morgan fingerprint density at radius 3 is 0.754 bits per heavy atom. The second-order valence-corrected chi connectivity index (χ2v) is 13.8. The average molecular weight is 832 g/mol. The number of nitrogens with zero attached hydrogens (tertiary/aromatic N) is 5. The largest absolute Gasteiger partial charge is 3.00 e. The topological polar surface area (TPSA) is 114 Å². The number of aryl methyl sites for hydroxylation is 4. The molecule has 2 aliphatic heterocycles. The third-order valence-electron chi connectivity index (χ3n) is 9.97. The molecule has 0 unspecified atom stereocenters. The van der Waals surface area contributed by atoms with Crippen LogP contribution in [0.15, 0.2) is 121 Å². The van der Waals surface area contributed by atoms with Gasteiger partial charge in [-0.25, -0.2) is 9.97 Å². The van der Waals surface area contributed by atoms with Crippen LogP contribution in [0.25, 0.3) is 96.5 Å². The molecular weight excluding hydrogens is 792 g/mol. The summed E-state index contributed by atoms with van der Waals surface area (Å²) in [4.78, 5) is 28.7. The van der Waals surface area contributed by atoms with Crippen molar-refractivity contribution in [2.24, 2.45) is 0 Å². The molecule has 0 saturated heterocycles. The van der Waals surface area contributed by atoms with E-state index in [2.05, 4.69) is 173 Å². The van der Waals surface area contributed by atoms with Crippen molar-refractivity contribution in [1.82, 2.24) is 19.9 Å². The summed E-state index contributed by atoms with van der Waals surface area (Å²) < 4.78 is 0. The second kappa shape index (κ2) is 17.6. The number of aliphatic hydroxyl groups excluding tert-OH is 1. The molecule has 0 aliphatic carbocycles. The van der Waals surface area contributed by atoms with Crippen molar-refractivity contribution in [3.8, 4) is 44.5 Å². The van der Waals surface area contributed by atoms with E-state index in [9.17, 15) is 0 Å². The van der Waals surface area contributed by atoms with E-state index in [1.54, 1.807) is 0 Å². The van der Waals surface area contributed by atoms with E-state index in [1.807, 2.05) is 0 Å². The molecule has 57 heavy (non-hydrogen) atoms. The SMILES string of the molecule is CO.Cc1ccc(-c2c3nc(c(-c4ccc(C)cc4)c4ccc([n-]4)c(-c4ccc(C)cc4)c4nc(c(-c5ccc(C)cc5)c5ccc2[n-]5)C=C4)C=C3)cc1.[N-]=O.[Ru+3]. The molecule has 0 atom stereocenters. The van der Waals surface area contributed by atoms with Crippen LogP contribution < -0.4 is 9.97 Å². The smallest absolute Gasteiger partial charge is 0.657 e. The van der Waals surface area contributed by atoms with Crippen molar-refractivity contribution in [2.45, 2.75) is 27.7 Å². The predicted octanol–water partition coefficient (Wildman–Crippen LogP) is 11.7. The summed E-state index contributed by atoms with van der Waals surface area (Å²) in [6.45, 7) is 8.45. The number of fused-ring (bicyclic) bond motifs is 8. The fourth-order valence-corrected chi connectivity index (χ4v) is 7.15. The maximum atomic E-state index is 7.25. The van der Waals surface area contributed by atoms with E-state index >= 15 is 0 Å². The number of hydrogen-bond acceptors (Lipinski definition) is 4. The third-order valence-corrected chi connectivity index (χ3v) is 9.97. The molecule has 0 amide bonds. The Balaban J connectivity index is 0.00000107. The molecule has 4 aromatic carbocycles. The van der Waals surface area contributed by atoms with Gasteiger partial charge in [0.2, 0.25) is 0 Å². The Kier molecular flexibility index (Phi) is 12.5. The van der Waals surface area contributed by atoms with Crippen molar-refractivity contribution in [3.63, 3.8) is 0 Å². The minimum Gasteiger partial charge on any atom is -0.657 e.